The molecular weight excluding hydrogens is 617 g/mol. The van der Waals surface area contributed by atoms with Gasteiger partial charge in [-0.1, -0.05) is 25.8 Å². The van der Waals surface area contributed by atoms with Crippen LogP contribution in [0, 0.1) is 32.3 Å². The summed E-state index contributed by atoms with van der Waals surface area (Å²) >= 11 is 0. The molecule has 4 heterocycles. The Kier molecular flexibility index (Phi) is 9.02. The molecule has 1 amide bonds. The predicted molar refractivity (Wildman–Crippen MR) is 161 cm³/mol. The maximum Gasteiger partial charge on any atom is 0.312 e. The van der Waals surface area contributed by atoms with Crippen molar-refractivity contribution in [1.29, 1.82) is 0 Å². The molecular formula is C32H34FN5O9. The van der Waals surface area contributed by atoms with Gasteiger partial charge in [0, 0.05) is 37.2 Å². The number of rotatable bonds is 9. The highest BCUT2D eigenvalue weighted by atomic mass is 19.1. The van der Waals surface area contributed by atoms with Gasteiger partial charge >= 0.3 is 24.0 Å². The molecule has 248 valence electrons. The van der Waals surface area contributed by atoms with Crippen molar-refractivity contribution >= 4 is 40.8 Å². The standard InChI is InChI=1S/C32H34FN5O9/c1-7-32(14-39)21(46-24(42)13-31(5,6)25-17(3)10-16(2)11-20(25)44-18(4)40)12-22(47-32)38-15-34-26-27(36-30(33)37-28(26)38)35-29(43)19-8-9-23(41)45-19/h1,10-11,15,19,21-22,39H,8-9,12-14H2,2-6H3,(H,35,36,37,43)/t19-,21+,22-,32-/m1/s1. The van der Waals surface area contributed by atoms with E-state index in [1.807, 2.05) is 33.8 Å². The van der Waals surface area contributed by atoms with Gasteiger partial charge in [0.2, 0.25) is 0 Å². The Bertz CT molecular complexity index is 1820. The van der Waals surface area contributed by atoms with Crippen LogP contribution in [-0.4, -0.2) is 72.9 Å². The second-order valence-corrected chi connectivity index (χ2v) is 12.3. The lowest BCUT2D eigenvalue weighted by Crippen LogP contribution is -2.44. The van der Waals surface area contributed by atoms with Crippen LogP contribution in [0.15, 0.2) is 18.5 Å². The summed E-state index contributed by atoms with van der Waals surface area (Å²) in [5.74, 6) is 0.0912. The molecule has 0 unspecified atom stereocenters. The van der Waals surface area contributed by atoms with Crippen molar-refractivity contribution in [3.05, 3.63) is 41.2 Å². The summed E-state index contributed by atoms with van der Waals surface area (Å²) in [6, 6.07) is 3.64. The van der Waals surface area contributed by atoms with Gasteiger partial charge in [-0.2, -0.15) is 14.4 Å². The number of anilines is 1. The number of esters is 3. The number of nitrogens with one attached hydrogen (secondary N) is 1. The van der Waals surface area contributed by atoms with Gasteiger partial charge < -0.3 is 29.4 Å². The molecule has 2 aliphatic heterocycles. The minimum Gasteiger partial charge on any atom is -0.458 e. The van der Waals surface area contributed by atoms with E-state index >= 15 is 0 Å². The molecule has 14 nitrogen and oxygen atoms in total. The van der Waals surface area contributed by atoms with E-state index in [1.54, 1.807) is 6.07 Å². The van der Waals surface area contributed by atoms with E-state index in [-0.39, 0.29) is 42.7 Å². The number of amides is 1. The fourth-order valence-electron chi connectivity index (χ4n) is 6.14. The number of aromatic nitrogens is 4. The van der Waals surface area contributed by atoms with Crippen LogP contribution in [-0.2, 0) is 38.8 Å². The SMILES string of the molecule is C#C[C@]1(CO)O[C@@H](n2cnc3c(NC(=O)[C@H]4CCC(=O)O4)nc(F)nc32)C[C@@H]1OC(=O)CC(C)(C)c1c(C)cc(C)cc1OC(C)=O. The van der Waals surface area contributed by atoms with Crippen LogP contribution in [0.1, 0.15) is 69.4 Å². The summed E-state index contributed by atoms with van der Waals surface area (Å²) in [5, 5.41) is 12.8. The molecule has 3 aromatic rings. The number of aliphatic hydroxyl groups excluding tert-OH is 1. The van der Waals surface area contributed by atoms with Crippen LogP contribution in [0.5, 0.6) is 5.75 Å². The summed E-state index contributed by atoms with van der Waals surface area (Å²) in [7, 11) is 0. The highest BCUT2D eigenvalue weighted by Gasteiger charge is 2.51. The van der Waals surface area contributed by atoms with Crippen molar-refractivity contribution in [2.75, 3.05) is 11.9 Å². The minimum atomic E-state index is -1.77. The predicted octanol–water partition coefficient (Wildman–Crippen LogP) is 2.71. The molecule has 2 N–H and O–H groups in total. The molecule has 2 aromatic heterocycles. The van der Waals surface area contributed by atoms with Gasteiger partial charge in [-0.25, -0.2) is 4.98 Å². The lowest BCUT2D eigenvalue weighted by molar-refractivity contribution is -0.160. The largest absolute Gasteiger partial charge is 0.458 e. The number of benzene rings is 1. The van der Waals surface area contributed by atoms with Gasteiger partial charge in [-0.3, -0.25) is 23.7 Å². The summed E-state index contributed by atoms with van der Waals surface area (Å²) < 4.78 is 38.3. The third-order valence-corrected chi connectivity index (χ3v) is 8.12. The first-order valence-electron chi connectivity index (χ1n) is 14.8. The van der Waals surface area contributed by atoms with Crippen LogP contribution in [0.4, 0.5) is 10.2 Å². The molecule has 2 fully saturated rings. The molecule has 0 bridgehead atoms. The lowest BCUT2D eigenvalue weighted by Gasteiger charge is -2.31. The van der Waals surface area contributed by atoms with Gasteiger partial charge in [0.05, 0.1) is 19.4 Å². The monoisotopic (exact) mass is 651 g/mol. The molecule has 4 atom stereocenters. The van der Waals surface area contributed by atoms with E-state index in [4.69, 9.17) is 25.4 Å². The van der Waals surface area contributed by atoms with Gasteiger partial charge in [0.25, 0.3) is 5.91 Å². The van der Waals surface area contributed by atoms with Gasteiger partial charge in [-0.05, 0) is 31.0 Å². The molecule has 2 saturated heterocycles. The Morgan fingerprint density at radius 2 is 2.02 bits per heavy atom. The Labute approximate surface area is 269 Å². The van der Waals surface area contributed by atoms with E-state index in [2.05, 4.69) is 26.2 Å². The van der Waals surface area contributed by atoms with Gasteiger partial charge in [-0.15, -0.1) is 6.42 Å². The number of aryl methyl sites for hydroxylation is 2. The number of fused-ring (bicyclic) bond motifs is 1. The highest BCUT2D eigenvalue weighted by Crippen LogP contribution is 2.42. The smallest absolute Gasteiger partial charge is 0.312 e. The van der Waals surface area contributed by atoms with Crippen molar-refractivity contribution in [3.8, 4) is 18.1 Å². The molecule has 0 saturated carbocycles. The summed E-state index contributed by atoms with van der Waals surface area (Å²) in [6.45, 7) is 7.92. The van der Waals surface area contributed by atoms with Gasteiger partial charge in [0.1, 0.15) is 18.1 Å². The summed E-state index contributed by atoms with van der Waals surface area (Å²) in [5.41, 5.74) is -0.350. The van der Waals surface area contributed by atoms with Gasteiger partial charge in [0.15, 0.2) is 28.7 Å². The Morgan fingerprint density at radius 1 is 1.28 bits per heavy atom. The number of aliphatic hydroxyl groups is 1. The number of ether oxygens (including phenoxy) is 4. The number of halogens is 1. The zero-order valence-electron chi connectivity index (χ0n) is 26.5. The molecule has 5 rings (SSSR count). The first-order valence-corrected chi connectivity index (χ1v) is 14.8. The molecule has 15 heteroatoms. The topological polar surface area (TPSA) is 181 Å². The Hall–Kier alpha value is -4.94. The van der Waals surface area contributed by atoms with E-state index < -0.39 is 66.0 Å². The maximum atomic E-state index is 14.6. The van der Waals surface area contributed by atoms with Crippen molar-refractivity contribution in [1.82, 2.24) is 19.5 Å². The quantitative estimate of drug-likeness (QED) is 0.150. The number of carbonyl (C=O) groups excluding carboxylic acids is 4. The third-order valence-electron chi connectivity index (χ3n) is 8.12. The highest BCUT2D eigenvalue weighted by molar-refractivity contribution is 6.00. The first-order chi connectivity index (χ1) is 22.2. The zero-order chi connectivity index (χ0) is 34.3. The van der Waals surface area contributed by atoms with Crippen molar-refractivity contribution in [2.45, 2.75) is 89.8 Å². The van der Waals surface area contributed by atoms with Crippen LogP contribution in [0.2, 0.25) is 0 Å². The van der Waals surface area contributed by atoms with Crippen molar-refractivity contribution < 1.29 is 47.6 Å². The molecule has 2 aliphatic rings. The minimum absolute atomic E-state index is 0.00206. The number of hydrogen-bond donors (Lipinski definition) is 2. The molecule has 0 spiro atoms. The Morgan fingerprint density at radius 3 is 2.66 bits per heavy atom. The fraction of sp³-hybridized carbons (Fsp3) is 0.469. The average Bonchev–Trinajstić information content (AvgIpc) is 3.68. The normalized spacial score (nSPS) is 22.5. The first kappa shape index (κ1) is 33.4. The molecule has 47 heavy (non-hydrogen) atoms. The van der Waals surface area contributed by atoms with E-state index in [0.717, 1.165) is 11.1 Å². The van der Waals surface area contributed by atoms with Crippen molar-refractivity contribution in [3.63, 3.8) is 0 Å². The van der Waals surface area contributed by atoms with Crippen LogP contribution >= 0.6 is 0 Å². The number of imidazole rings is 1. The van der Waals surface area contributed by atoms with E-state index in [1.165, 1.54) is 17.8 Å². The summed E-state index contributed by atoms with van der Waals surface area (Å²) in [6.07, 6.45) is 2.66. The second kappa shape index (κ2) is 12.7. The molecule has 1 aromatic carbocycles. The summed E-state index contributed by atoms with van der Waals surface area (Å²) in [4.78, 5) is 61.0. The number of terminal acetylenes is 1. The van der Waals surface area contributed by atoms with Crippen LogP contribution in [0.25, 0.3) is 11.2 Å². The molecule has 0 aliphatic carbocycles. The number of carbonyl (C=O) groups is 4. The number of cyclic esters (lactones) is 1. The average molecular weight is 652 g/mol. The second-order valence-electron chi connectivity index (χ2n) is 12.3. The van der Waals surface area contributed by atoms with E-state index in [0.29, 0.717) is 11.3 Å². The van der Waals surface area contributed by atoms with Crippen molar-refractivity contribution in [2.24, 2.45) is 0 Å². The Balaban J connectivity index is 1.38. The fourth-order valence-corrected chi connectivity index (χ4v) is 6.14. The third kappa shape index (κ3) is 6.65. The number of hydrogen-bond acceptors (Lipinski definition) is 12. The van der Waals surface area contributed by atoms with Crippen LogP contribution < -0.4 is 10.1 Å². The van der Waals surface area contributed by atoms with Crippen LogP contribution in [0.3, 0.4) is 0 Å². The zero-order valence-corrected chi connectivity index (χ0v) is 26.5. The van der Waals surface area contributed by atoms with E-state index in [9.17, 15) is 28.7 Å². The maximum absolute atomic E-state index is 14.6. The molecule has 0 radical (unpaired) electrons. The lowest BCUT2D eigenvalue weighted by atomic mass is 9.78. The number of nitrogens with zero attached hydrogens (tertiary/aromatic N) is 4.